The first-order valence-electron chi connectivity index (χ1n) is 9.13. The van der Waals surface area contributed by atoms with E-state index in [1.54, 1.807) is 29.2 Å². The number of anilines is 3. The van der Waals surface area contributed by atoms with Crippen molar-refractivity contribution in [1.82, 2.24) is 10.3 Å². The maximum Gasteiger partial charge on any atom is 0.321 e. The number of pyridine rings is 1. The SMILES string of the molecule is C.N=C(c1ccc(N2CCNC2=O)cc1)c1c(Nc2c(F)cccc2F)cc[nH]c1=O. The average molecular weight is 425 g/mol. The third-order valence-corrected chi connectivity index (χ3v) is 4.76. The van der Waals surface area contributed by atoms with Crippen LogP contribution in [0, 0.1) is 17.0 Å². The number of H-pyrrole nitrogens is 1. The average Bonchev–Trinajstić information content (AvgIpc) is 3.16. The Hall–Kier alpha value is -4.01. The predicted octanol–water partition coefficient (Wildman–Crippen LogP) is 3.98. The number of halogens is 2. The van der Waals surface area contributed by atoms with E-state index in [2.05, 4.69) is 15.6 Å². The zero-order valence-corrected chi connectivity index (χ0v) is 15.6. The number of para-hydroxylation sites is 1. The number of rotatable bonds is 5. The van der Waals surface area contributed by atoms with E-state index >= 15 is 0 Å². The molecule has 0 bridgehead atoms. The minimum absolute atomic E-state index is 0. The molecule has 31 heavy (non-hydrogen) atoms. The summed E-state index contributed by atoms with van der Waals surface area (Å²) in [6, 6.07) is 11.2. The Morgan fingerprint density at radius 3 is 2.32 bits per heavy atom. The summed E-state index contributed by atoms with van der Waals surface area (Å²) >= 11 is 0. The fourth-order valence-electron chi connectivity index (χ4n) is 3.25. The van der Waals surface area contributed by atoms with Crippen LogP contribution in [0.25, 0.3) is 0 Å². The predicted molar refractivity (Wildman–Crippen MR) is 117 cm³/mol. The molecule has 1 aliphatic heterocycles. The van der Waals surface area contributed by atoms with Crippen molar-refractivity contribution >= 4 is 28.8 Å². The molecule has 2 heterocycles. The van der Waals surface area contributed by atoms with Gasteiger partial charge in [0.2, 0.25) is 0 Å². The molecule has 3 aromatic rings. The van der Waals surface area contributed by atoms with Gasteiger partial charge in [0.25, 0.3) is 5.56 Å². The van der Waals surface area contributed by atoms with E-state index in [0.29, 0.717) is 24.3 Å². The van der Waals surface area contributed by atoms with Crippen LogP contribution in [0.2, 0.25) is 0 Å². The van der Waals surface area contributed by atoms with E-state index in [0.717, 1.165) is 12.1 Å². The first-order chi connectivity index (χ1) is 14.5. The van der Waals surface area contributed by atoms with Gasteiger partial charge in [-0.15, -0.1) is 0 Å². The van der Waals surface area contributed by atoms with Crippen molar-refractivity contribution in [3.63, 3.8) is 0 Å². The molecular formula is C22H21F2N5O2. The molecule has 1 aliphatic rings. The highest BCUT2D eigenvalue weighted by molar-refractivity contribution is 6.14. The Morgan fingerprint density at radius 2 is 1.71 bits per heavy atom. The van der Waals surface area contributed by atoms with Crippen LogP contribution in [-0.2, 0) is 0 Å². The number of amides is 2. The van der Waals surface area contributed by atoms with Gasteiger partial charge in [-0.1, -0.05) is 25.6 Å². The Labute approximate surface area is 177 Å². The molecule has 0 saturated carbocycles. The Balaban J connectivity index is 0.00000272. The first kappa shape index (κ1) is 21.7. The molecule has 1 fully saturated rings. The normalized spacial score (nSPS) is 12.8. The number of aromatic nitrogens is 1. The third-order valence-electron chi connectivity index (χ3n) is 4.76. The molecule has 4 rings (SSSR count). The lowest BCUT2D eigenvalue weighted by Crippen LogP contribution is -2.27. The number of carbonyl (C=O) groups is 1. The van der Waals surface area contributed by atoms with Gasteiger partial charge in [-0.05, 0) is 30.3 Å². The Morgan fingerprint density at radius 1 is 1.03 bits per heavy atom. The van der Waals surface area contributed by atoms with Crippen LogP contribution in [0.5, 0.6) is 0 Å². The van der Waals surface area contributed by atoms with Gasteiger partial charge in [0.15, 0.2) is 0 Å². The smallest absolute Gasteiger partial charge is 0.321 e. The monoisotopic (exact) mass is 425 g/mol. The molecule has 7 nitrogen and oxygen atoms in total. The molecule has 2 amide bonds. The zero-order valence-electron chi connectivity index (χ0n) is 15.6. The number of benzene rings is 2. The lowest BCUT2D eigenvalue weighted by atomic mass is 10.0. The van der Waals surface area contributed by atoms with Gasteiger partial charge in [-0.2, -0.15) is 0 Å². The standard InChI is InChI=1S/C21H17F2N5O2.CH4/c22-14-2-1-3-15(23)19(14)27-16-8-9-25-20(29)17(16)18(24)12-4-6-13(7-5-12)28-11-10-26-21(28)30;/h1-9,24H,10-11H2,(H,26,30)(H2,25,27,29);1H4. The lowest BCUT2D eigenvalue weighted by molar-refractivity contribution is 0.252. The van der Waals surface area contributed by atoms with Crippen LogP contribution < -0.4 is 21.1 Å². The second-order valence-electron chi connectivity index (χ2n) is 6.62. The van der Waals surface area contributed by atoms with Gasteiger partial charge in [-0.25, -0.2) is 13.6 Å². The van der Waals surface area contributed by atoms with Gasteiger partial charge < -0.3 is 15.6 Å². The van der Waals surface area contributed by atoms with Gasteiger partial charge in [0.05, 0.1) is 17.0 Å². The fourth-order valence-corrected chi connectivity index (χ4v) is 3.25. The van der Waals surface area contributed by atoms with Crippen molar-refractivity contribution in [1.29, 1.82) is 5.41 Å². The van der Waals surface area contributed by atoms with Crippen molar-refractivity contribution in [2.45, 2.75) is 7.43 Å². The molecule has 4 N–H and O–H groups in total. The van der Waals surface area contributed by atoms with E-state index < -0.39 is 22.9 Å². The molecular weight excluding hydrogens is 404 g/mol. The van der Waals surface area contributed by atoms with Crippen LogP contribution in [0.1, 0.15) is 18.6 Å². The van der Waals surface area contributed by atoms with Crippen LogP contribution in [-0.4, -0.2) is 29.8 Å². The third kappa shape index (κ3) is 4.16. The molecule has 0 unspecified atom stereocenters. The maximum absolute atomic E-state index is 14.0. The topological polar surface area (TPSA) is 101 Å². The van der Waals surface area contributed by atoms with Crippen LogP contribution in [0.3, 0.4) is 0 Å². The highest BCUT2D eigenvalue weighted by Gasteiger charge is 2.22. The fraction of sp³-hybridized carbons (Fsp3) is 0.136. The van der Waals surface area contributed by atoms with Crippen molar-refractivity contribution in [2.75, 3.05) is 23.3 Å². The Kier molecular flexibility index (Phi) is 6.15. The highest BCUT2D eigenvalue weighted by atomic mass is 19.1. The molecule has 0 spiro atoms. The van der Waals surface area contributed by atoms with E-state index in [-0.39, 0.29) is 30.4 Å². The van der Waals surface area contributed by atoms with Gasteiger partial charge in [-0.3, -0.25) is 15.1 Å². The summed E-state index contributed by atoms with van der Waals surface area (Å²) in [5.41, 5.74) is -0.0178. The number of hydrogen-bond acceptors (Lipinski definition) is 4. The molecule has 160 valence electrons. The Bertz CT molecular complexity index is 1170. The maximum atomic E-state index is 14.0. The van der Waals surface area contributed by atoms with E-state index in [4.69, 9.17) is 5.41 Å². The summed E-state index contributed by atoms with van der Waals surface area (Å²) < 4.78 is 28.1. The molecule has 0 aliphatic carbocycles. The summed E-state index contributed by atoms with van der Waals surface area (Å²) in [5, 5.41) is 13.8. The largest absolute Gasteiger partial charge is 0.350 e. The number of hydrogen-bond donors (Lipinski definition) is 4. The molecule has 0 radical (unpaired) electrons. The van der Waals surface area contributed by atoms with Crippen LogP contribution in [0.15, 0.2) is 59.5 Å². The van der Waals surface area contributed by atoms with E-state index in [9.17, 15) is 18.4 Å². The number of urea groups is 1. The van der Waals surface area contributed by atoms with Gasteiger partial charge in [0, 0.05) is 30.5 Å². The quantitative estimate of drug-likeness (QED) is 0.465. The van der Waals surface area contributed by atoms with Crippen molar-refractivity contribution in [2.24, 2.45) is 0 Å². The molecule has 1 saturated heterocycles. The highest BCUT2D eigenvalue weighted by Crippen LogP contribution is 2.26. The van der Waals surface area contributed by atoms with Gasteiger partial charge in [0.1, 0.15) is 17.3 Å². The number of nitrogens with zero attached hydrogens (tertiary/aromatic N) is 1. The second kappa shape index (κ2) is 8.78. The summed E-state index contributed by atoms with van der Waals surface area (Å²) in [4.78, 5) is 28.3. The first-order valence-corrected chi connectivity index (χ1v) is 9.13. The van der Waals surface area contributed by atoms with Gasteiger partial charge >= 0.3 is 6.03 Å². The second-order valence-corrected chi connectivity index (χ2v) is 6.62. The van der Waals surface area contributed by atoms with Crippen LogP contribution >= 0.6 is 0 Å². The molecule has 1 aromatic heterocycles. The summed E-state index contributed by atoms with van der Waals surface area (Å²) in [6.45, 7) is 1.09. The number of nitrogens with one attached hydrogen (secondary N) is 4. The lowest BCUT2D eigenvalue weighted by Gasteiger charge is -2.16. The van der Waals surface area contributed by atoms with E-state index in [1.165, 1.54) is 18.3 Å². The summed E-state index contributed by atoms with van der Waals surface area (Å²) in [5.74, 6) is -1.64. The number of aromatic amines is 1. The minimum Gasteiger partial charge on any atom is -0.350 e. The van der Waals surface area contributed by atoms with Crippen molar-refractivity contribution in [3.05, 3.63) is 87.8 Å². The van der Waals surface area contributed by atoms with Crippen molar-refractivity contribution < 1.29 is 13.6 Å². The molecule has 0 atom stereocenters. The summed E-state index contributed by atoms with van der Waals surface area (Å²) in [6.07, 6.45) is 1.33. The zero-order chi connectivity index (χ0) is 21.3. The molecule has 9 heteroatoms. The van der Waals surface area contributed by atoms with Crippen LogP contribution in [0.4, 0.5) is 30.6 Å². The van der Waals surface area contributed by atoms with Crippen molar-refractivity contribution in [3.8, 4) is 0 Å². The molecule has 2 aromatic carbocycles. The summed E-state index contributed by atoms with van der Waals surface area (Å²) in [7, 11) is 0. The minimum atomic E-state index is -0.819. The van der Waals surface area contributed by atoms with E-state index in [1.807, 2.05) is 0 Å². The number of carbonyl (C=O) groups excluding carboxylic acids is 1.